The lowest BCUT2D eigenvalue weighted by molar-refractivity contribution is 0.0952. The third-order valence-corrected chi connectivity index (χ3v) is 3.89. The van der Waals surface area contributed by atoms with Crippen LogP contribution in [0.4, 0.5) is 0 Å². The van der Waals surface area contributed by atoms with Gasteiger partial charge in [0.05, 0.1) is 11.1 Å². The molecular formula is C19H24Cl2N4O. The minimum absolute atomic E-state index is 0. The number of fused-ring (bicyclic) bond motifs is 1. The summed E-state index contributed by atoms with van der Waals surface area (Å²) < 4.78 is 0. The summed E-state index contributed by atoms with van der Waals surface area (Å²) in [6.07, 6.45) is 0. The lowest BCUT2D eigenvalue weighted by Crippen LogP contribution is -2.31. The van der Waals surface area contributed by atoms with Gasteiger partial charge in [0.2, 0.25) is 0 Å². The van der Waals surface area contributed by atoms with Crippen molar-refractivity contribution >= 4 is 41.8 Å². The zero-order chi connectivity index (χ0) is 17.1. The summed E-state index contributed by atoms with van der Waals surface area (Å²) in [5.41, 5.74) is 4.37. The number of aryl methyl sites for hydroxylation is 1. The minimum Gasteiger partial charge on any atom is -0.351 e. The van der Waals surface area contributed by atoms with E-state index in [4.69, 9.17) is 0 Å². The third kappa shape index (κ3) is 4.97. The van der Waals surface area contributed by atoms with Gasteiger partial charge in [0.15, 0.2) is 0 Å². The number of hydrogen-bond acceptors (Lipinski definition) is 3. The van der Waals surface area contributed by atoms with Crippen LogP contribution in [0.2, 0.25) is 0 Å². The third-order valence-electron chi connectivity index (χ3n) is 3.89. The highest BCUT2D eigenvalue weighted by Gasteiger charge is 2.14. The van der Waals surface area contributed by atoms with Crippen LogP contribution in [0.15, 0.2) is 42.5 Å². The number of imidazole rings is 1. The molecule has 2 N–H and O–H groups in total. The van der Waals surface area contributed by atoms with Crippen LogP contribution in [0, 0.1) is 6.92 Å². The Balaban J connectivity index is 0.00000169. The number of H-pyrrole nitrogens is 1. The predicted molar refractivity (Wildman–Crippen MR) is 112 cm³/mol. The number of carbonyl (C=O) groups is 1. The van der Waals surface area contributed by atoms with E-state index in [-0.39, 0.29) is 30.7 Å². The maximum absolute atomic E-state index is 12.5. The highest BCUT2D eigenvalue weighted by atomic mass is 35.5. The number of amides is 1. The standard InChI is InChI=1S/C19H22N4O.2ClH/c1-13-6-4-7-14(12-13)18-21-16-9-5-8-15(17(16)22-18)19(24)20-10-11-23(2)3;;/h4-9,12H,10-11H2,1-3H3,(H,20,24)(H,21,22);2*1H. The lowest BCUT2D eigenvalue weighted by atomic mass is 10.1. The summed E-state index contributed by atoms with van der Waals surface area (Å²) in [7, 11) is 3.96. The van der Waals surface area contributed by atoms with Gasteiger partial charge in [0.25, 0.3) is 5.91 Å². The van der Waals surface area contributed by atoms with E-state index >= 15 is 0 Å². The second-order valence-electron chi connectivity index (χ2n) is 6.22. The number of benzene rings is 2. The number of aromatic nitrogens is 2. The van der Waals surface area contributed by atoms with Gasteiger partial charge in [-0.15, -0.1) is 24.8 Å². The van der Waals surface area contributed by atoms with E-state index in [1.54, 1.807) is 0 Å². The summed E-state index contributed by atoms with van der Waals surface area (Å²) >= 11 is 0. The highest BCUT2D eigenvalue weighted by Crippen LogP contribution is 2.23. The van der Waals surface area contributed by atoms with E-state index in [9.17, 15) is 4.79 Å². The number of rotatable bonds is 5. The number of hydrogen-bond donors (Lipinski definition) is 2. The molecule has 2 aromatic carbocycles. The van der Waals surface area contributed by atoms with Crippen molar-refractivity contribution in [3.05, 3.63) is 53.6 Å². The summed E-state index contributed by atoms with van der Waals surface area (Å²) in [5.74, 6) is 0.687. The van der Waals surface area contributed by atoms with Gasteiger partial charge < -0.3 is 15.2 Å². The van der Waals surface area contributed by atoms with E-state index in [0.717, 1.165) is 23.4 Å². The Morgan fingerprint density at radius 1 is 1.15 bits per heavy atom. The molecule has 0 spiro atoms. The Kier molecular flexibility index (Phi) is 8.08. The first-order chi connectivity index (χ1) is 11.5. The molecule has 0 bridgehead atoms. The second-order valence-corrected chi connectivity index (χ2v) is 6.22. The van der Waals surface area contributed by atoms with Crippen LogP contribution >= 0.6 is 24.8 Å². The molecule has 3 aromatic rings. The maximum atomic E-state index is 12.5. The van der Waals surface area contributed by atoms with Crippen molar-refractivity contribution in [2.45, 2.75) is 6.92 Å². The highest BCUT2D eigenvalue weighted by molar-refractivity contribution is 6.05. The molecule has 0 aliphatic carbocycles. The molecule has 7 heteroatoms. The molecule has 0 unspecified atom stereocenters. The van der Waals surface area contributed by atoms with Crippen LogP contribution in [0.1, 0.15) is 15.9 Å². The normalized spacial score (nSPS) is 10.3. The first-order valence-corrected chi connectivity index (χ1v) is 8.03. The zero-order valence-corrected chi connectivity index (χ0v) is 16.7. The fourth-order valence-electron chi connectivity index (χ4n) is 2.63. The molecule has 0 aliphatic heterocycles. The Morgan fingerprint density at radius 2 is 1.88 bits per heavy atom. The molecule has 0 saturated heterocycles. The maximum Gasteiger partial charge on any atom is 0.253 e. The Hall–Kier alpha value is -2.08. The van der Waals surface area contributed by atoms with Crippen molar-refractivity contribution in [1.82, 2.24) is 20.2 Å². The van der Waals surface area contributed by atoms with Crippen LogP contribution < -0.4 is 5.32 Å². The average Bonchev–Trinajstić information content (AvgIpc) is 2.98. The van der Waals surface area contributed by atoms with Gasteiger partial charge in [-0.2, -0.15) is 0 Å². The van der Waals surface area contributed by atoms with Crippen molar-refractivity contribution in [3.8, 4) is 11.4 Å². The van der Waals surface area contributed by atoms with Gasteiger partial charge >= 0.3 is 0 Å². The molecule has 1 aromatic heterocycles. The summed E-state index contributed by atoms with van der Waals surface area (Å²) in [5, 5.41) is 2.95. The fourth-order valence-corrected chi connectivity index (χ4v) is 2.63. The summed E-state index contributed by atoms with van der Waals surface area (Å²) in [6.45, 7) is 3.46. The largest absolute Gasteiger partial charge is 0.351 e. The molecule has 26 heavy (non-hydrogen) atoms. The fraction of sp³-hybridized carbons (Fsp3) is 0.263. The number of halogens is 2. The van der Waals surface area contributed by atoms with Crippen molar-refractivity contribution in [3.63, 3.8) is 0 Å². The number of aromatic amines is 1. The first-order valence-electron chi connectivity index (χ1n) is 8.03. The molecule has 0 radical (unpaired) electrons. The van der Waals surface area contributed by atoms with Crippen LogP contribution in [0.3, 0.4) is 0 Å². The van der Waals surface area contributed by atoms with Crippen molar-refractivity contribution < 1.29 is 4.79 Å². The number of likely N-dealkylation sites (N-methyl/N-ethyl adjacent to an activating group) is 1. The molecule has 0 atom stereocenters. The van der Waals surface area contributed by atoms with Crippen molar-refractivity contribution in [2.75, 3.05) is 27.2 Å². The smallest absolute Gasteiger partial charge is 0.253 e. The van der Waals surface area contributed by atoms with Crippen LogP contribution in [-0.4, -0.2) is 48.0 Å². The van der Waals surface area contributed by atoms with Gasteiger partial charge in [-0.3, -0.25) is 4.79 Å². The predicted octanol–water partition coefficient (Wildman–Crippen LogP) is 3.67. The molecule has 0 saturated carbocycles. The number of para-hydroxylation sites is 1. The molecular weight excluding hydrogens is 371 g/mol. The molecule has 0 fully saturated rings. The van der Waals surface area contributed by atoms with Crippen LogP contribution in [0.5, 0.6) is 0 Å². The molecule has 5 nitrogen and oxygen atoms in total. The van der Waals surface area contributed by atoms with Gasteiger partial charge in [-0.1, -0.05) is 29.8 Å². The zero-order valence-electron chi connectivity index (χ0n) is 15.1. The average molecular weight is 395 g/mol. The molecule has 3 rings (SSSR count). The monoisotopic (exact) mass is 394 g/mol. The molecule has 1 heterocycles. The van der Waals surface area contributed by atoms with E-state index < -0.39 is 0 Å². The van der Waals surface area contributed by atoms with E-state index in [1.807, 2.05) is 49.3 Å². The van der Waals surface area contributed by atoms with Gasteiger partial charge in [0.1, 0.15) is 11.3 Å². The van der Waals surface area contributed by atoms with Gasteiger partial charge in [-0.25, -0.2) is 4.98 Å². The molecule has 140 valence electrons. The first kappa shape index (κ1) is 22.0. The quantitative estimate of drug-likeness (QED) is 0.693. The van der Waals surface area contributed by atoms with E-state index in [2.05, 4.69) is 34.3 Å². The van der Waals surface area contributed by atoms with Gasteiger partial charge in [-0.05, 0) is 39.2 Å². The van der Waals surface area contributed by atoms with Crippen LogP contribution in [-0.2, 0) is 0 Å². The molecule has 0 aliphatic rings. The Morgan fingerprint density at radius 3 is 2.58 bits per heavy atom. The lowest BCUT2D eigenvalue weighted by Gasteiger charge is -2.10. The van der Waals surface area contributed by atoms with Crippen molar-refractivity contribution in [1.29, 1.82) is 0 Å². The number of nitrogens with zero attached hydrogens (tertiary/aromatic N) is 2. The van der Waals surface area contributed by atoms with Crippen molar-refractivity contribution in [2.24, 2.45) is 0 Å². The Bertz CT molecular complexity index is 877. The molecule has 1 amide bonds. The minimum atomic E-state index is -0.0928. The summed E-state index contributed by atoms with van der Waals surface area (Å²) in [6, 6.07) is 13.8. The van der Waals surface area contributed by atoms with Gasteiger partial charge in [0, 0.05) is 18.7 Å². The van der Waals surface area contributed by atoms with E-state index in [0.29, 0.717) is 17.6 Å². The number of carbonyl (C=O) groups excluding carboxylic acids is 1. The Labute approximate surface area is 166 Å². The summed E-state index contributed by atoms with van der Waals surface area (Å²) in [4.78, 5) is 22.5. The SMILES string of the molecule is Cc1cccc(-c2nc3c(C(=O)NCCN(C)C)cccc3[nH]2)c1.Cl.Cl. The number of nitrogens with one attached hydrogen (secondary N) is 2. The van der Waals surface area contributed by atoms with E-state index in [1.165, 1.54) is 5.56 Å². The topological polar surface area (TPSA) is 61.0 Å². The van der Waals surface area contributed by atoms with Crippen LogP contribution in [0.25, 0.3) is 22.4 Å². The second kappa shape index (κ2) is 9.57.